The Morgan fingerprint density at radius 1 is 1.22 bits per heavy atom. The Bertz CT molecular complexity index is 240. The van der Waals surface area contributed by atoms with Gasteiger partial charge in [0.2, 0.25) is 0 Å². The molecule has 0 aromatic heterocycles. The zero-order chi connectivity index (χ0) is 13.4. The second-order valence-electron chi connectivity index (χ2n) is 4.84. The Morgan fingerprint density at radius 3 is 2.22 bits per heavy atom. The Kier molecular flexibility index (Phi) is 7.23. The molecular weight excluding hydrogens is 230 g/mol. The van der Waals surface area contributed by atoms with Crippen molar-refractivity contribution < 1.29 is 9.53 Å². The van der Waals surface area contributed by atoms with E-state index < -0.39 is 0 Å². The zero-order valence-corrected chi connectivity index (χ0v) is 11.9. The van der Waals surface area contributed by atoms with E-state index in [2.05, 4.69) is 22.0 Å². The zero-order valence-electron chi connectivity index (χ0n) is 11.9. The number of nitrogens with one attached hydrogen (secondary N) is 1. The molecule has 0 aromatic carbocycles. The third kappa shape index (κ3) is 4.92. The molecule has 0 bridgehead atoms. The smallest absolute Gasteiger partial charge is 0.322 e. The molecule has 1 aliphatic rings. The highest BCUT2D eigenvalue weighted by Gasteiger charge is 2.20. The molecule has 1 aliphatic heterocycles. The van der Waals surface area contributed by atoms with E-state index in [0.717, 1.165) is 39.1 Å². The highest BCUT2D eigenvalue weighted by molar-refractivity contribution is 5.75. The van der Waals surface area contributed by atoms with Crippen molar-refractivity contribution >= 4 is 5.97 Å². The Balaban J connectivity index is 2.22. The summed E-state index contributed by atoms with van der Waals surface area (Å²) in [4.78, 5) is 16.4. The van der Waals surface area contributed by atoms with Crippen LogP contribution in [0.3, 0.4) is 0 Å². The molecule has 5 nitrogen and oxygen atoms in total. The lowest BCUT2D eigenvalue weighted by Crippen LogP contribution is -2.48. The molecule has 0 aliphatic carbocycles. The molecule has 0 amide bonds. The van der Waals surface area contributed by atoms with Crippen LogP contribution in [0.5, 0.6) is 0 Å². The summed E-state index contributed by atoms with van der Waals surface area (Å²) < 4.78 is 4.76. The van der Waals surface area contributed by atoms with E-state index in [9.17, 15) is 4.79 Å². The van der Waals surface area contributed by atoms with Gasteiger partial charge in [-0.1, -0.05) is 6.92 Å². The van der Waals surface area contributed by atoms with Crippen LogP contribution in [0, 0.1) is 0 Å². The second-order valence-corrected chi connectivity index (χ2v) is 4.84. The standard InChI is InChI=1S/C13H27N3O2/c1-4-6-15-8-10-16(11-9-15)7-5-12(14-2)13(17)18-3/h12,14H,4-11H2,1-3H3. The molecule has 1 N–H and O–H groups in total. The van der Waals surface area contributed by atoms with Crippen LogP contribution in [0.2, 0.25) is 0 Å². The number of carbonyl (C=O) groups excluding carboxylic acids is 1. The highest BCUT2D eigenvalue weighted by atomic mass is 16.5. The van der Waals surface area contributed by atoms with Crippen molar-refractivity contribution in [3.05, 3.63) is 0 Å². The molecule has 0 radical (unpaired) electrons. The second kappa shape index (κ2) is 8.45. The number of ether oxygens (including phenoxy) is 1. The Hall–Kier alpha value is -0.650. The Labute approximate surface area is 110 Å². The van der Waals surface area contributed by atoms with Crippen molar-refractivity contribution in [2.45, 2.75) is 25.8 Å². The van der Waals surface area contributed by atoms with Crippen LogP contribution < -0.4 is 5.32 Å². The van der Waals surface area contributed by atoms with E-state index in [1.165, 1.54) is 20.1 Å². The van der Waals surface area contributed by atoms with Crippen LogP contribution in [0.4, 0.5) is 0 Å². The summed E-state index contributed by atoms with van der Waals surface area (Å²) in [5, 5.41) is 3.01. The molecule has 1 atom stereocenters. The fraction of sp³-hybridized carbons (Fsp3) is 0.923. The van der Waals surface area contributed by atoms with Gasteiger partial charge in [0.15, 0.2) is 0 Å². The lowest BCUT2D eigenvalue weighted by atomic mass is 10.2. The van der Waals surface area contributed by atoms with Gasteiger partial charge < -0.3 is 19.9 Å². The molecule has 1 rings (SSSR count). The monoisotopic (exact) mass is 257 g/mol. The van der Waals surface area contributed by atoms with Gasteiger partial charge in [-0.05, 0) is 26.4 Å². The normalized spacial score (nSPS) is 19.7. The van der Waals surface area contributed by atoms with Gasteiger partial charge in [0.25, 0.3) is 0 Å². The minimum absolute atomic E-state index is 0.165. The van der Waals surface area contributed by atoms with Crippen molar-refractivity contribution in [3.8, 4) is 0 Å². The number of carbonyl (C=O) groups is 1. The SMILES string of the molecule is CCCN1CCN(CCC(NC)C(=O)OC)CC1. The molecule has 0 aromatic rings. The van der Waals surface area contributed by atoms with Crippen LogP contribution in [0.15, 0.2) is 0 Å². The Morgan fingerprint density at radius 2 is 1.78 bits per heavy atom. The molecule has 0 saturated carbocycles. The maximum Gasteiger partial charge on any atom is 0.322 e. The first-order chi connectivity index (χ1) is 8.71. The predicted octanol–water partition coefficient (Wildman–Crippen LogP) is 0.165. The summed E-state index contributed by atoms with van der Waals surface area (Å²) in [5.74, 6) is -0.165. The van der Waals surface area contributed by atoms with Gasteiger partial charge in [0.1, 0.15) is 6.04 Å². The molecule has 106 valence electrons. The first-order valence-corrected chi connectivity index (χ1v) is 6.91. The van der Waals surface area contributed by atoms with Crippen LogP contribution in [-0.4, -0.2) is 75.2 Å². The molecule has 0 spiro atoms. The average Bonchev–Trinajstić information content (AvgIpc) is 2.41. The van der Waals surface area contributed by atoms with Crippen molar-refractivity contribution in [2.24, 2.45) is 0 Å². The van der Waals surface area contributed by atoms with E-state index in [0.29, 0.717) is 0 Å². The quantitative estimate of drug-likeness (QED) is 0.659. The largest absolute Gasteiger partial charge is 0.468 e. The fourth-order valence-corrected chi connectivity index (χ4v) is 2.39. The van der Waals surface area contributed by atoms with E-state index in [1.807, 2.05) is 0 Å². The summed E-state index contributed by atoms with van der Waals surface area (Å²) in [6.45, 7) is 8.90. The molecule has 1 heterocycles. The summed E-state index contributed by atoms with van der Waals surface area (Å²) in [6.07, 6.45) is 2.04. The lowest BCUT2D eigenvalue weighted by molar-refractivity contribution is -0.143. The van der Waals surface area contributed by atoms with Gasteiger partial charge in [-0.3, -0.25) is 4.79 Å². The molecule has 1 saturated heterocycles. The molecule has 18 heavy (non-hydrogen) atoms. The maximum atomic E-state index is 11.4. The first kappa shape index (κ1) is 15.4. The number of methoxy groups -OCH3 is 1. The van der Waals surface area contributed by atoms with Crippen molar-refractivity contribution in [1.82, 2.24) is 15.1 Å². The number of hydrogen-bond acceptors (Lipinski definition) is 5. The van der Waals surface area contributed by atoms with Crippen molar-refractivity contribution in [1.29, 1.82) is 0 Å². The summed E-state index contributed by atoms with van der Waals surface area (Å²) in [5.41, 5.74) is 0. The molecule has 1 unspecified atom stereocenters. The predicted molar refractivity (Wildman–Crippen MR) is 72.7 cm³/mol. The first-order valence-electron chi connectivity index (χ1n) is 6.91. The van der Waals surface area contributed by atoms with Crippen LogP contribution in [0.1, 0.15) is 19.8 Å². The third-order valence-electron chi connectivity index (χ3n) is 3.57. The maximum absolute atomic E-state index is 11.4. The highest BCUT2D eigenvalue weighted by Crippen LogP contribution is 2.05. The van der Waals surface area contributed by atoms with E-state index in [4.69, 9.17) is 4.74 Å². The number of hydrogen-bond donors (Lipinski definition) is 1. The molecule has 5 heteroatoms. The van der Waals surface area contributed by atoms with Crippen molar-refractivity contribution in [3.63, 3.8) is 0 Å². The van der Waals surface area contributed by atoms with Gasteiger partial charge in [0, 0.05) is 32.7 Å². The van der Waals surface area contributed by atoms with Crippen molar-refractivity contribution in [2.75, 3.05) is 53.4 Å². The minimum atomic E-state index is -0.177. The average molecular weight is 257 g/mol. The minimum Gasteiger partial charge on any atom is -0.468 e. The number of rotatable bonds is 7. The fourth-order valence-electron chi connectivity index (χ4n) is 2.39. The lowest BCUT2D eigenvalue weighted by Gasteiger charge is -2.34. The molecular formula is C13H27N3O2. The molecule has 1 fully saturated rings. The number of esters is 1. The van der Waals surface area contributed by atoms with Gasteiger partial charge in [-0.15, -0.1) is 0 Å². The van der Waals surface area contributed by atoms with Crippen LogP contribution in [-0.2, 0) is 9.53 Å². The summed E-state index contributed by atoms with van der Waals surface area (Å²) in [7, 11) is 3.25. The van der Waals surface area contributed by atoms with Gasteiger partial charge in [-0.2, -0.15) is 0 Å². The van der Waals surface area contributed by atoms with E-state index >= 15 is 0 Å². The summed E-state index contributed by atoms with van der Waals surface area (Å²) in [6, 6.07) is -0.177. The van der Waals surface area contributed by atoms with E-state index in [-0.39, 0.29) is 12.0 Å². The number of piperazine rings is 1. The third-order valence-corrected chi connectivity index (χ3v) is 3.57. The van der Waals surface area contributed by atoms with E-state index in [1.54, 1.807) is 7.05 Å². The summed E-state index contributed by atoms with van der Waals surface area (Å²) >= 11 is 0. The number of nitrogens with zero attached hydrogens (tertiary/aromatic N) is 2. The topological polar surface area (TPSA) is 44.8 Å². The van der Waals surface area contributed by atoms with Crippen LogP contribution in [0.25, 0.3) is 0 Å². The number of likely N-dealkylation sites (N-methyl/N-ethyl adjacent to an activating group) is 1. The van der Waals surface area contributed by atoms with Crippen LogP contribution >= 0.6 is 0 Å². The van der Waals surface area contributed by atoms with Gasteiger partial charge in [0.05, 0.1) is 7.11 Å². The van der Waals surface area contributed by atoms with Gasteiger partial charge in [-0.25, -0.2) is 0 Å². The van der Waals surface area contributed by atoms with Gasteiger partial charge >= 0.3 is 5.97 Å².